The molecule has 3 aromatic carbocycles. The summed E-state index contributed by atoms with van der Waals surface area (Å²) in [4.78, 5) is 7.01. The van der Waals surface area contributed by atoms with Crippen LogP contribution in [-0.4, -0.2) is 30.2 Å². The number of para-hydroxylation sites is 1. The van der Waals surface area contributed by atoms with Gasteiger partial charge in [0.25, 0.3) is 0 Å². The summed E-state index contributed by atoms with van der Waals surface area (Å²) in [6.45, 7) is 7.08. The summed E-state index contributed by atoms with van der Waals surface area (Å²) in [6, 6.07) is 17.5. The van der Waals surface area contributed by atoms with Gasteiger partial charge >= 0.3 is 0 Å². The molecule has 5 aromatic rings. The van der Waals surface area contributed by atoms with Gasteiger partial charge in [0.15, 0.2) is 5.82 Å². The van der Waals surface area contributed by atoms with Crippen molar-refractivity contribution < 1.29 is 0 Å². The Morgan fingerprint density at radius 1 is 0.909 bits per heavy atom. The highest BCUT2D eigenvalue weighted by molar-refractivity contribution is 5.81. The Hall–Kier alpha value is -4.00. The van der Waals surface area contributed by atoms with Crippen molar-refractivity contribution in [2.24, 2.45) is 0 Å². The molecule has 0 amide bonds. The van der Waals surface area contributed by atoms with Gasteiger partial charge in [0.2, 0.25) is 0 Å². The number of aryl methyl sites for hydroxylation is 3. The predicted octanol–water partition coefficient (Wildman–Crippen LogP) is 4.90. The highest BCUT2D eigenvalue weighted by Crippen LogP contribution is 2.40. The van der Waals surface area contributed by atoms with Gasteiger partial charge in [0, 0.05) is 11.4 Å². The molecule has 2 aromatic heterocycles. The smallest absolute Gasteiger partial charge is 0.194 e. The molecule has 0 fully saturated rings. The number of aromatic nitrogens is 6. The third kappa shape index (κ3) is 3.19. The first kappa shape index (κ1) is 19.7. The molecule has 0 saturated carbocycles. The Kier molecular flexibility index (Phi) is 4.50. The van der Waals surface area contributed by atoms with E-state index in [9.17, 15) is 0 Å². The van der Waals surface area contributed by atoms with Crippen molar-refractivity contribution in [3.05, 3.63) is 88.5 Å². The van der Waals surface area contributed by atoms with Crippen molar-refractivity contribution in [1.29, 1.82) is 0 Å². The van der Waals surface area contributed by atoms with Crippen LogP contribution in [0.15, 0.2) is 54.9 Å². The highest BCUT2D eigenvalue weighted by atomic mass is 15.5. The van der Waals surface area contributed by atoms with Crippen LogP contribution in [0, 0.1) is 20.8 Å². The van der Waals surface area contributed by atoms with Crippen LogP contribution < -0.4 is 4.90 Å². The van der Waals surface area contributed by atoms with Crippen molar-refractivity contribution >= 4 is 22.4 Å². The minimum Gasteiger partial charge on any atom is -0.333 e. The summed E-state index contributed by atoms with van der Waals surface area (Å²) >= 11 is 0. The van der Waals surface area contributed by atoms with Crippen LogP contribution in [0.2, 0.25) is 0 Å². The summed E-state index contributed by atoms with van der Waals surface area (Å²) in [5.41, 5.74) is 12.2. The lowest BCUT2D eigenvalue weighted by Crippen LogP contribution is -2.19. The van der Waals surface area contributed by atoms with Gasteiger partial charge in [0.05, 0.1) is 23.3 Å². The number of tetrazole rings is 1. The number of H-pyrrole nitrogens is 1. The number of rotatable bonds is 3. The number of anilines is 2. The number of aromatic amines is 1. The summed E-state index contributed by atoms with van der Waals surface area (Å²) in [7, 11) is 0. The van der Waals surface area contributed by atoms with E-state index in [4.69, 9.17) is 4.98 Å². The van der Waals surface area contributed by atoms with E-state index in [1.54, 1.807) is 0 Å². The number of nitrogens with zero attached hydrogens (tertiary/aromatic N) is 6. The minimum atomic E-state index is 0.561. The van der Waals surface area contributed by atoms with E-state index < -0.39 is 0 Å². The second-order valence-corrected chi connectivity index (χ2v) is 8.79. The Bertz CT molecular complexity index is 1480. The Morgan fingerprint density at radius 3 is 2.58 bits per heavy atom. The quantitative estimate of drug-likeness (QED) is 0.436. The first-order chi connectivity index (χ1) is 16.1. The van der Waals surface area contributed by atoms with Crippen LogP contribution >= 0.6 is 0 Å². The molecule has 1 N–H and O–H groups in total. The Balaban J connectivity index is 1.52. The molecule has 33 heavy (non-hydrogen) atoms. The molecule has 0 atom stereocenters. The fraction of sp³-hybridized carbons (Fsp3) is 0.231. The highest BCUT2D eigenvalue weighted by Gasteiger charge is 2.24. The average Bonchev–Trinajstić information content (AvgIpc) is 3.44. The van der Waals surface area contributed by atoms with Gasteiger partial charge in [-0.25, -0.2) is 4.98 Å². The molecule has 0 saturated heterocycles. The van der Waals surface area contributed by atoms with Gasteiger partial charge in [-0.15, -0.1) is 10.2 Å². The number of hydrogen-bond donors (Lipinski definition) is 1. The molecule has 7 nitrogen and oxygen atoms in total. The topological polar surface area (TPSA) is 75.5 Å². The van der Waals surface area contributed by atoms with Crippen LogP contribution in [0.5, 0.6) is 0 Å². The largest absolute Gasteiger partial charge is 0.333 e. The first-order valence-electron chi connectivity index (χ1n) is 11.2. The van der Waals surface area contributed by atoms with Crippen molar-refractivity contribution in [3.63, 3.8) is 0 Å². The molecule has 0 spiro atoms. The van der Waals surface area contributed by atoms with E-state index in [2.05, 4.69) is 99.4 Å². The molecular formula is C26H25N7. The second kappa shape index (κ2) is 7.55. The molecule has 0 aliphatic carbocycles. The van der Waals surface area contributed by atoms with E-state index in [0.29, 0.717) is 12.4 Å². The normalized spacial score (nSPS) is 13.1. The lowest BCUT2D eigenvalue weighted by molar-refractivity contribution is 0.872. The summed E-state index contributed by atoms with van der Waals surface area (Å²) in [5.74, 6) is 0.672. The van der Waals surface area contributed by atoms with Gasteiger partial charge < -0.3 is 4.90 Å². The monoisotopic (exact) mass is 435 g/mol. The number of benzene rings is 3. The maximum absolute atomic E-state index is 4.69. The Labute approximate surface area is 192 Å². The third-order valence-corrected chi connectivity index (χ3v) is 6.87. The van der Waals surface area contributed by atoms with Crippen LogP contribution in [0.25, 0.3) is 16.7 Å². The molecule has 0 bridgehead atoms. The maximum Gasteiger partial charge on any atom is 0.194 e. The standard InChI is InChI=1S/C26H25N7/c1-16-12-21-25(13-17(16)2)33(15-27-21)22-10-11-24-20(18(22)3)9-8-19-6-4-5-7-23(19)32(24)14-26-28-30-31-29-26/h4-7,10-13,15H,8-9,14H2,1-3H3,(H,28,29,30,31). The summed E-state index contributed by atoms with van der Waals surface area (Å²) in [6.07, 6.45) is 3.90. The lowest BCUT2D eigenvalue weighted by Gasteiger charge is -2.27. The second-order valence-electron chi connectivity index (χ2n) is 8.79. The molecule has 6 rings (SSSR count). The zero-order valence-corrected chi connectivity index (χ0v) is 19.0. The van der Waals surface area contributed by atoms with Gasteiger partial charge in [-0.2, -0.15) is 5.21 Å². The molecule has 0 unspecified atom stereocenters. The van der Waals surface area contributed by atoms with Gasteiger partial charge in [-0.3, -0.25) is 4.57 Å². The van der Waals surface area contributed by atoms with Gasteiger partial charge in [0.1, 0.15) is 6.33 Å². The molecular weight excluding hydrogens is 410 g/mol. The zero-order valence-electron chi connectivity index (χ0n) is 19.0. The van der Waals surface area contributed by atoms with E-state index in [1.165, 1.54) is 44.9 Å². The number of fused-ring (bicyclic) bond motifs is 3. The molecule has 1 aliphatic heterocycles. The fourth-order valence-corrected chi connectivity index (χ4v) is 4.95. The molecule has 164 valence electrons. The molecule has 1 aliphatic rings. The van der Waals surface area contributed by atoms with Crippen molar-refractivity contribution in [2.45, 2.75) is 40.2 Å². The van der Waals surface area contributed by atoms with E-state index in [1.807, 2.05) is 6.33 Å². The van der Waals surface area contributed by atoms with E-state index in [0.717, 1.165) is 23.9 Å². The molecule has 7 heteroatoms. The average molecular weight is 436 g/mol. The zero-order chi connectivity index (χ0) is 22.5. The molecule has 3 heterocycles. The Morgan fingerprint density at radius 2 is 1.73 bits per heavy atom. The molecule has 0 radical (unpaired) electrons. The number of nitrogens with one attached hydrogen (secondary N) is 1. The third-order valence-electron chi connectivity index (χ3n) is 6.87. The van der Waals surface area contributed by atoms with Gasteiger partial charge in [-0.05, 0) is 91.8 Å². The number of imidazole rings is 1. The maximum atomic E-state index is 4.69. The van der Waals surface area contributed by atoms with Crippen LogP contribution in [0.4, 0.5) is 11.4 Å². The van der Waals surface area contributed by atoms with Crippen LogP contribution in [0.1, 0.15) is 33.6 Å². The number of hydrogen-bond acceptors (Lipinski definition) is 5. The van der Waals surface area contributed by atoms with E-state index >= 15 is 0 Å². The minimum absolute atomic E-state index is 0.561. The van der Waals surface area contributed by atoms with E-state index in [-0.39, 0.29) is 0 Å². The van der Waals surface area contributed by atoms with Gasteiger partial charge in [-0.1, -0.05) is 23.4 Å². The predicted molar refractivity (Wildman–Crippen MR) is 129 cm³/mol. The fourth-order valence-electron chi connectivity index (χ4n) is 4.95. The summed E-state index contributed by atoms with van der Waals surface area (Å²) < 4.78 is 2.22. The summed E-state index contributed by atoms with van der Waals surface area (Å²) in [5, 5.41) is 14.8. The SMILES string of the molecule is Cc1cc2ncn(-c3ccc4c(c3C)CCc3ccccc3N4Cc3nn[nH]n3)c2cc1C. The van der Waals surface area contributed by atoms with Crippen LogP contribution in [0.3, 0.4) is 0 Å². The lowest BCUT2D eigenvalue weighted by atomic mass is 9.98. The van der Waals surface area contributed by atoms with Crippen molar-refractivity contribution in [2.75, 3.05) is 4.90 Å². The van der Waals surface area contributed by atoms with Crippen molar-refractivity contribution in [3.8, 4) is 5.69 Å². The first-order valence-corrected chi connectivity index (χ1v) is 11.2. The van der Waals surface area contributed by atoms with Crippen LogP contribution in [-0.2, 0) is 19.4 Å². The van der Waals surface area contributed by atoms with Crippen molar-refractivity contribution in [1.82, 2.24) is 30.2 Å².